The Labute approximate surface area is 148 Å². The molecule has 0 unspecified atom stereocenters. The molecule has 0 saturated heterocycles. The number of amides is 1. The zero-order valence-electron chi connectivity index (χ0n) is 15.3. The third-order valence-electron chi connectivity index (χ3n) is 4.87. The Hall–Kier alpha value is -2.17. The first-order valence-corrected chi connectivity index (χ1v) is 9.30. The Balaban J connectivity index is 1.74. The van der Waals surface area contributed by atoms with Gasteiger partial charge in [-0.2, -0.15) is 0 Å². The number of aromatic nitrogens is 2. The molecule has 1 aliphatic rings. The molecule has 2 heterocycles. The number of rotatable bonds is 6. The van der Waals surface area contributed by atoms with Crippen LogP contribution in [0.2, 0.25) is 0 Å². The summed E-state index contributed by atoms with van der Waals surface area (Å²) in [6.45, 7) is 7.21. The lowest BCUT2D eigenvalue weighted by Crippen LogP contribution is -2.32. The molecule has 3 rings (SSSR count). The fraction of sp³-hybridized carbons (Fsp3) is 0.550. The van der Waals surface area contributed by atoms with Crippen molar-refractivity contribution in [2.24, 2.45) is 5.92 Å². The Bertz CT molecular complexity index is 839. The van der Waals surface area contributed by atoms with Gasteiger partial charge in [0.2, 0.25) is 0 Å². The van der Waals surface area contributed by atoms with E-state index in [1.54, 1.807) is 22.8 Å². The number of benzene rings is 1. The molecule has 2 aromatic rings. The first-order valence-electron chi connectivity index (χ1n) is 9.30. The molecule has 5 heteroatoms. The molecule has 1 amide bonds. The van der Waals surface area contributed by atoms with E-state index < -0.39 is 0 Å². The second-order valence-electron chi connectivity index (χ2n) is 7.52. The normalized spacial score (nSPS) is 14.7. The smallest absolute Gasteiger partial charge is 0.261 e. The minimum Gasteiger partial charge on any atom is -0.350 e. The van der Waals surface area contributed by atoms with E-state index in [2.05, 4.69) is 24.1 Å². The van der Waals surface area contributed by atoms with Crippen molar-refractivity contribution in [3.8, 4) is 0 Å². The van der Waals surface area contributed by atoms with Gasteiger partial charge in [-0.25, -0.2) is 4.98 Å². The second kappa shape index (κ2) is 7.38. The molecular formula is C20H27N3O2. The van der Waals surface area contributed by atoms with Crippen molar-refractivity contribution in [2.45, 2.75) is 65.5 Å². The quantitative estimate of drug-likeness (QED) is 0.877. The fourth-order valence-corrected chi connectivity index (χ4v) is 3.44. The van der Waals surface area contributed by atoms with Gasteiger partial charge in [-0.05, 0) is 43.9 Å². The van der Waals surface area contributed by atoms with E-state index in [1.165, 1.54) is 6.42 Å². The van der Waals surface area contributed by atoms with Crippen LogP contribution in [0.15, 0.2) is 23.0 Å². The van der Waals surface area contributed by atoms with Crippen LogP contribution in [0, 0.1) is 5.92 Å². The Kier molecular flexibility index (Phi) is 5.21. The first kappa shape index (κ1) is 17.6. The zero-order chi connectivity index (χ0) is 18.0. The molecule has 134 valence electrons. The van der Waals surface area contributed by atoms with Crippen LogP contribution >= 0.6 is 0 Å². The maximum atomic E-state index is 12.5. The Morgan fingerprint density at radius 2 is 2.08 bits per heavy atom. The van der Waals surface area contributed by atoms with Crippen LogP contribution in [-0.2, 0) is 13.0 Å². The molecule has 0 aliphatic carbocycles. The number of carbonyl (C=O) groups excluding carboxylic acids is 1. The van der Waals surface area contributed by atoms with Crippen LogP contribution in [0.4, 0.5) is 0 Å². The molecule has 5 nitrogen and oxygen atoms in total. The van der Waals surface area contributed by atoms with Crippen molar-refractivity contribution >= 4 is 16.8 Å². The monoisotopic (exact) mass is 341 g/mol. The summed E-state index contributed by atoms with van der Waals surface area (Å²) in [5.41, 5.74) is 1.20. The lowest BCUT2D eigenvalue weighted by Gasteiger charge is -2.15. The maximum Gasteiger partial charge on any atom is 0.261 e. The van der Waals surface area contributed by atoms with Gasteiger partial charge >= 0.3 is 0 Å². The van der Waals surface area contributed by atoms with E-state index in [9.17, 15) is 9.59 Å². The molecule has 0 saturated carbocycles. The summed E-state index contributed by atoms with van der Waals surface area (Å²) in [6, 6.07) is 5.34. The largest absolute Gasteiger partial charge is 0.350 e. The van der Waals surface area contributed by atoms with Gasteiger partial charge < -0.3 is 5.32 Å². The molecule has 1 aliphatic heterocycles. The van der Waals surface area contributed by atoms with E-state index in [0.29, 0.717) is 22.4 Å². The zero-order valence-corrected chi connectivity index (χ0v) is 15.3. The van der Waals surface area contributed by atoms with Crippen molar-refractivity contribution in [1.82, 2.24) is 14.9 Å². The number of fused-ring (bicyclic) bond motifs is 2. The van der Waals surface area contributed by atoms with Crippen molar-refractivity contribution in [3.63, 3.8) is 0 Å². The number of hydrogen-bond acceptors (Lipinski definition) is 3. The van der Waals surface area contributed by atoms with Crippen LogP contribution in [0.25, 0.3) is 10.9 Å². The topological polar surface area (TPSA) is 64.0 Å². The van der Waals surface area contributed by atoms with E-state index in [0.717, 1.165) is 38.1 Å². The number of nitrogens with one attached hydrogen (secondary N) is 1. The van der Waals surface area contributed by atoms with Crippen LogP contribution in [0.3, 0.4) is 0 Å². The van der Waals surface area contributed by atoms with Crippen molar-refractivity contribution in [1.29, 1.82) is 0 Å². The molecule has 0 fully saturated rings. The van der Waals surface area contributed by atoms with Gasteiger partial charge in [0.05, 0.1) is 10.9 Å². The van der Waals surface area contributed by atoms with Crippen molar-refractivity contribution in [3.05, 3.63) is 39.9 Å². The van der Waals surface area contributed by atoms with Crippen molar-refractivity contribution < 1.29 is 4.79 Å². The highest BCUT2D eigenvalue weighted by atomic mass is 16.1. The van der Waals surface area contributed by atoms with Crippen molar-refractivity contribution in [2.75, 3.05) is 0 Å². The van der Waals surface area contributed by atoms with E-state index in [4.69, 9.17) is 0 Å². The summed E-state index contributed by atoms with van der Waals surface area (Å²) < 4.78 is 1.75. The SMILES string of the molecule is CC(C)CCC[C@H](C)NC(=O)c1ccc2c(=O)n3c(nc2c1)CCC3. The summed E-state index contributed by atoms with van der Waals surface area (Å²) in [4.78, 5) is 29.6. The molecule has 1 atom stereocenters. The predicted molar refractivity (Wildman–Crippen MR) is 99.9 cm³/mol. The van der Waals surface area contributed by atoms with E-state index in [-0.39, 0.29) is 17.5 Å². The summed E-state index contributed by atoms with van der Waals surface area (Å²) in [5, 5.41) is 3.64. The number of hydrogen-bond donors (Lipinski definition) is 1. The molecule has 25 heavy (non-hydrogen) atoms. The van der Waals surface area contributed by atoms with Gasteiger partial charge in [-0.1, -0.05) is 26.7 Å². The predicted octanol–water partition coefficient (Wildman–Crippen LogP) is 3.29. The van der Waals surface area contributed by atoms with Crippen LogP contribution in [0.1, 0.15) is 62.6 Å². The van der Waals surface area contributed by atoms with Gasteiger partial charge in [0.1, 0.15) is 5.82 Å². The minimum absolute atomic E-state index is 0.00603. The van der Waals surface area contributed by atoms with Gasteiger partial charge in [0.15, 0.2) is 0 Å². The first-order chi connectivity index (χ1) is 12.0. The molecule has 0 bridgehead atoms. The summed E-state index contributed by atoms with van der Waals surface area (Å²) in [7, 11) is 0. The lowest BCUT2D eigenvalue weighted by molar-refractivity contribution is 0.0938. The van der Waals surface area contributed by atoms with E-state index in [1.807, 2.05) is 6.92 Å². The molecular weight excluding hydrogens is 314 g/mol. The molecule has 0 spiro atoms. The number of nitrogens with zero attached hydrogens (tertiary/aromatic N) is 2. The summed E-state index contributed by atoms with van der Waals surface area (Å²) in [6.07, 6.45) is 5.05. The summed E-state index contributed by atoms with van der Waals surface area (Å²) in [5.74, 6) is 1.42. The third-order valence-corrected chi connectivity index (χ3v) is 4.87. The minimum atomic E-state index is -0.0960. The summed E-state index contributed by atoms with van der Waals surface area (Å²) >= 11 is 0. The van der Waals surface area contributed by atoms with Crippen LogP contribution < -0.4 is 10.9 Å². The van der Waals surface area contributed by atoms with Gasteiger partial charge in [0.25, 0.3) is 11.5 Å². The standard InChI is InChI=1S/C20H27N3O2/c1-13(2)6-4-7-14(3)21-19(24)15-9-10-16-17(12-15)22-18-8-5-11-23(18)20(16)25/h9-10,12-14H,4-8,11H2,1-3H3,(H,21,24)/t14-/m0/s1. The highest BCUT2D eigenvalue weighted by molar-refractivity contribution is 5.97. The van der Waals surface area contributed by atoms with Gasteiger partial charge in [-0.3, -0.25) is 14.2 Å². The van der Waals surface area contributed by atoms with Gasteiger partial charge in [-0.15, -0.1) is 0 Å². The molecule has 1 aromatic heterocycles. The van der Waals surface area contributed by atoms with E-state index >= 15 is 0 Å². The van der Waals surface area contributed by atoms with Crippen LogP contribution in [-0.4, -0.2) is 21.5 Å². The average Bonchev–Trinajstić information content (AvgIpc) is 3.02. The Morgan fingerprint density at radius 1 is 1.28 bits per heavy atom. The average molecular weight is 341 g/mol. The number of carbonyl (C=O) groups is 1. The fourth-order valence-electron chi connectivity index (χ4n) is 3.44. The second-order valence-corrected chi connectivity index (χ2v) is 7.52. The molecule has 1 N–H and O–H groups in total. The lowest BCUT2D eigenvalue weighted by atomic mass is 10.0. The molecule has 0 radical (unpaired) electrons. The highest BCUT2D eigenvalue weighted by Gasteiger charge is 2.17. The van der Waals surface area contributed by atoms with Crippen LogP contribution in [0.5, 0.6) is 0 Å². The van der Waals surface area contributed by atoms with Gasteiger partial charge in [0, 0.05) is 24.6 Å². The number of aryl methyl sites for hydroxylation is 1. The highest BCUT2D eigenvalue weighted by Crippen LogP contribution is 2.16. The molecule has 1 aromatic carbocycles. The Morgan fingerprint density at radius 3 is 2.84 bits per heavy atom. The maximum absolute atomic E-state index is 12.5. The third kappa shape index (κ3) is 3.91.